The average Bonchev–Trinajstić information content (AvgIpc) is 2.26. The number of rotatable bonds is 5. The quantitative estimate of drug-likeness (QED) is 0.735. The van der Waals surface area contributed by atoms with Crippen molar-refractivity contribution in [1.82, 2.24) is 5.32 Å². The Morgan fingerprint density at radius 2 is 2.00 bits per heavy atom. The van der Waals surface area contributed by atoms with Crippen molar-refractivity contribution in [2.45, 2.75) is 12.1 Å². The van der Waals surface area contributed by atoms with E-state index in [0.717, 1.165) is 5.56 Å². The van der Waals surface area contributed by atoms with Gasteiger partial charge in [-0.25, -0.2) is 0 Å². The topological polar surface area (TPSA) is 41.5 Å². The van der Waals surface area contributed by atoms with Crippen LogP contribution in [-0.4, -0.2) is 31.9 Å². The SMILES string of the molecule is CNC(COC)C(O)c1ccccc1. The van der Waals surface area contributed by atoms with Gasteiger partial charge in [-0.1, -0.05) is 30.3 Å². The highest BCUT2D eigenvalue weighted by molar-refractivity contribution is 5.18. The summed E-state index contributed by atoms with van der Waals surface area (Å²) in [4.78, 5) is 0. The third-order valence-corrected chi connectivity index (χ3v) is 2.24. The van der Waals surface area contributed by atoms with E-state index in [-0.39, 0.29) is 6.04 Å². The molecule has 0 heterocycles. The molecule has 0 bridgehead atoms. The summed E-state index contributed by atoms with van der Waals surface area (Å²) in [5, 5.41) is 13.0. The molecule has 0 radical (unpaired) electrons. The zero-order chi connectivity index (χ0) is 10.4. The van der Waals surface area contributed by atoms with Gasteiger partial charge in [0.05, 0.1) is 18.8 Å². The predicted molar refractivity (Wildman–Crippen MR) is 56.1 cm³/mol. The molecule has 3 nitrogen and oxygen atoms in total. The molecule has 0 aliphatic carbocycles. The van der Waals surface area contributed by atoms with E-state index in [2.05, 4.69) is 5.32 Å². The summed E-state index contributed by atoms with van der Waals surface area (Å²) in [5.41, 5.74) is 0.906. The maximum atomic E-state index is 9.97. The first-order valence-electron chi connectivity index (χ1n) is 4.68. The van der Waals surface area contributed by atoms with Crippen LogP contribution < -0.4 is 5.32 Å². The van der Waals surface area contributed by atoms with Crippen molar-refractivity contribution < 1.29 is 9.84 Å². The molecular formula is C11H17NO2. The molecule has 1 rings (SSSR count). The van der Waals surface area contributed by atoms with Crippen LogP contribution in [-0.2, 0) is 4.74 Å². The molecule has 3 heteroatoms. The molecular weight excluding hydrogens is 178 g/mol. The summed E-state index contributed by atoms with van der Waals surface area (Å²) >= 11 is 0. The first-order chi connectivity index (χ1) is 6.79. The number of likely N-dealkylation sites (N-methyl/N-ethyl adjacent to an activating group) is 1. The highest BCUT2D eigenvalue weighted by Crippen LogP contribution is 2.16. The minimum atomic E-state index is -0.527. The Kier molecular flexibility index (Phi) is 4.59. The third kappa shape index (κ3) is 2.80. The summed E-state index contributed by atoms with van der Waals surface area (Å²) < 4.78 is 5.01. The molecule has 0 saturated heterocycles. The van der Waals surface area contributed by atoms with Crippen molar-refractivity contribution in [3.63, 3.8) is 0 Å². The van der Waals surface area contributed by atoms with Gasteiger partial charge in [0.25, 0.3) is 0 Å². The monoisotopic (exact) mass is 195 g/mol. The van der Waals surface area contributed by atoms with Crippen LogP contribution in [0.4, 0.5) is 0 Å². The van der Waals surface area contributed by atoms with Gasteiger partial charge in [0.2, 0.25) is 0 Å². The van der Waals surface area contributed by atoms with E-state index in [1.54, 1.807) is 7.11 Å². The lowest BCUT2D eigenvalue weighted by Crippen LogP contribution is -2.36. The van der Waals surface area contributed by atoms with Crippen molar-refractivity contribution in [1.29, 1.82) is 0 Å². The van der Waals surface area contributed by atoms with Gasteiger partial charge in [0.15, 0.2) is 0 Å². The predicted octanol–water partition coefficient (Wildman–Crippen LogP) is 0.954. The molecule has 78 valence electrons. The molecule has 0 fully saturated rings. The molecule has 0 aromatic heterocycles. The second-order valence-electron chi connectivity index (χ2n) is 3.21. The fourth-order valence-electron chi connectivity index (χ4n) is 1.39. The fourth-order valence-corrected chi connectivity index (χ4v) is 1.39. The van der Waals surface area contributed by atoms with Crippen LogP contribution >= 0.6 is 0 Å². The Labute approximate surface area is 84.7 Å². The lowest BCUT2D eigenvalue weighted by Gasteiger charge is -2.21. The van der Waals surface area contributed by atoms with Crippen molar-refractivity contribution in [3.05, 3.63) is 35.9 Å². The lowest BCUT2D eigenvalue weighted by atomic mass is 10.0. The molecule has 2 unspecified atom stereocenters. The first kappa shape index (κ1) is 11.2. The van der Waals surface area contributed by atoms with E-state index in [0.29, 0.717) is 6.61 Å². The minimum absolute atomic E-state index is 0.0672. The maximum absolute atomic E-state index is 9.97. The van der Waals surface area contributed by atoms with E-state index in [9.17, 15) is 5.11 Å². The standard InChI is InChI=1S/C11H17NO2/c1-12-10(8-14-2)11(13)9-6-4-3-5-7-9/h3-7,10-13H,8H2,1-2H3. The summed E-state index contributed by atoms with van der Waals surface area (Å²) in [6.45, 7) is 0.493. The van der Waals surface area contributed by atoms with Crippen LogP contribution in [0.1, 0.15) is 11.7 Å². The van der Waals surface area contributed by atoms with E-state index in [4.69, 9.17) is 4.74 Å². The van der Waals surface area contributed by atoms with Crippen molar-refractivity contribution >= 4 is 0 Å². The molecule has 2 atom stereocenters. The van der Waals surface area contributed by atoms with Crippen LogP contribution in [0.5, 0.6) is 0 Å². The second-order valence-corrected chi connectivity index (χ2v) is 3.21. The molecule has 0 saturated carbocycles. The van der Waals surface area contributed by atoms with Crippen LogP contribution in [0.15, 0.2) is 30.3 Å². The molecule has 0 amide bonds. The summed E-state index contributed by atoms with van der Waals surface area (Å²) in [5.74, 6) is 0. The number of benzene rings is 1. The Hall–Kier alpha value is -0.900. The summed E-state index contributed by atoms with van der Waals surface area (Å²) in [6.07, 6.45) is -0.527. The minimum Gasteiger partial charge on any atom is -0.387 e. The van der Waals surface area contributed by atoms with Gasteiger partial charge in [-0.15, -0.1) is 0 Å². The van der Waals surface area contributed by atoms with Crippen molar-refractivity contribution in [3.8, 4) is 0 Å². The second kappa shape index (κ2) is 5.75. The molecule has 1 aromatic rings. The molecule has 1 aromatic carbocycles. The number of aliphatic hydroxyl groups excluding tert-OH is 1. The number of aliphatic hydroxyl groups is 1. The Morgan fingerprint density at radius 3 is 2.50 bits per heavy atom. The van der Waals surface area contributed by atoms with Crippen molar-refractivity contribution in [2.24, 2.45) is 0 Å². The smallest absolute Gasteiger partial charge is 0.0965 e. The zero-order valence-electron chi connectivity index (χ0n) is 8.60. The maximum Gasteiger partial charge on any atom is 0.0965 e. The largest absolute Gasteiger partial charge is 0.387 e. The van der Waals surface area contributed by atoms with Gasteiger partial charge in [0.1, 0.15) is 0 Å². The molecule has 0 aliphatic heterocycles. The summed E-state index contributed by atoms with van der Waals surface area (Å²) in [7, 11) is 3.44. The van der Waals surface area contributed by atoms with Crippen LogP contribution in [0.25, 0.3) is 0 Å². The van der Waals surface area contributed by atoms with Crippen molar-refractivity contribution in [2.75, 3.05) is 20.8 Å². The van der Waals surface area contributed by atoms with Crippen LogP contribution in [0.3, 0.4) is 0 Å². The highest BCUT2D eigenvalue weighted by atomic mass is 16.5. The van der Waals surface area contributed by atoms with Crippen LogP contribution in [0.2, 0.25) is 0 Å². The van der Waals surface area contributed by atoms with Gasteiger partial charge >= 0.3 is 0 Å². The Bertz CT molecular complexity index is 251. The molecule has 0 aliphatic rings. The van der Waals surface area contributed by atoms with E-state index < -0.39 is 6.10 Å². The van der Waals surface area contributed by atoms with E-state index >= 15 is 0 Å². The molecule has 14 heavy (non-hydrogen) atoms. The highest BCUT2D eigenvalue weighted by Gasteiger charge is 2.18. The fraction of sp³-hybridized carbons (Fsp3) is 0.455. The van der Waals surface area contributed by atoms with Gasteiger partial charge in [-0.2, -0.15) is 0 Å². The number of hydrogen-bond acceptors (Lipinski definition) is 3. The normalized spacial score (nSPS) is 15.1. The summed E-state index contributed by atoms with van der Waals surface area (Å²) in [6, 6.07) is 9.51. The lowest BCUT2D eigenvalue weighted by molar-refractivity contribution is 0.0734. The Balaban J connectivity index is 2.67. The van der Waals surface area contributed by atoms with Crippen LogP contribution in [0, 0.1) is 0 Å². The number of ether oxygens (including phenoxy) is 1. The van der Waals surface area contributed by atoms with E-state index in [1.165, 1.54) is 0 Å². The first-order valence-corrected chi connectivity index (χ1v) is 4.68. The number of nitrogens with one attached hydrogen (secondary N) is 1. The zero-order valence-corrected chi connectivity index (χ0v) is 8.60. The Morgan fingerprint density at radius 1 is 1.36 bits per heavy atom. The van der Waals surface area contributed by atoms with Gasteiger partial charge in [0, 0.05) is 7.11 Å². The number of hydrogen-bond donors (Lipinski definition) is 2. The van der Waals surface area contributed by atoms with Gasteiger partial charge < -0.3 is 15.2 Å². The van der Waals surface area contributed by atoms with Gasteiger partial charge in [-0.05, 0) is 12.6 Å². The average molecular weight is 195 g/mol. The van der Waals surface area contributed by atoms with Gasteiger partial charge in [-0.3, -0.25) is 0 Å². The molecule has 2 N–H and O–H groups in total. The van der Waals surface area contributed by atoms with E-state index in [1.807, 2.05) is 37.4 Å². The molecule has 0 spiro atoms. The third-order valence-electron chi connectivity index (χ3n) is 2.24. The number of methoxy groups -OCH3 is 1.